The number of aryl methyl sites for hydroxylation is 1. The Morgan fingerprint density at radius 3 is 2.78 bits per heavy atom. The van der Waals surface area contributed by atoms with Gasteiger partial charge in [-0.3, -0.25) is 4.79 Å². The summed E-state index contributed by atoms with van der Waals surface area (Å²) in [5.41, 5.74) is 0.884. The summed E-state index contributed by atoms with van der Waals surface area (Å²) in [7, 11) is 1.54. The third kappa shape index (κ3) is 2.26. The predicted molar refractivity (Wildman–Crippen MR) is 66.9 cm³/mol. The van der Waals surface area contributed by atoms with Crippen molar-refractivity contribution < 1.29 is 19.4 Å². The van der Waals surface area contributed by atoms with Crippen LogP contribution in [0, 0.1) is 6.92 Å². The number of likely N-dealkylation sites (tertiary alicyclic amines) is 1. The van der Waals surface area contributed by atoms with Crippen LogP contribution in [0.25, 0.3) is 0 Å². The van der Waals surface area contributed by atoms with E-state index in [1.54, 1.807) is 0 Å². The lowest BCUT2D eigenvalue weighted by molar-refractivity contribution is -0.141. The van der Waals surface area contributed by atoms with Crippen molar-refractivity contribution in [2.24, 2.45) is 0 Å². The second-order valence-corrected chi connectivity index (χ2v) is 5.25. The number of amides is 1. The Labute approximate surface area is 109 Å². The van der Waals surface area contributed by atoms with E-state index in [-0.39, 0.29) is 12.0 Å². The smallest absolute Gasteiger partial charge is 0.326 e. The van der Waals surface area contributed by atoms with Gasteiger partial charge in [0.2, 0.25) is 0 Å². The summed E-state index contributed by atoms with van der Waals surface area (Å²) < 4.78 is 5.17. The van der Waals surface area contributed by atoms with Crippen LogP contribution < -0.4 is 0 Å². The molecule has 1 aliphatic heterocycles. The average Bonchev–Trinajstić information content (AvgIpc) is 2.93. The molecule has 0 bridgehead atoms. The molecule has 1 fully saturated rings. The minimum Gasteiger partial charge on any atom is -0.480 e. The molecule has 2 rings (SSSR count). The van der Waals surface area contributed by atoms with Crippen LogP contribution >= 0.6 is 11.3 Å². The van der Waals surface area contributed by atoms with Crippen molar-refractivity contribution >= 4 is 23.2 Å². The van der Waals surface area contributed by atoms with E-state index >= 15 is 0 Å². The minimum atomic E-state index is -0.975. The highest BCUT2D eigenvalue weighted by Gasteiger charge is 2.40. The number of carbonyl (C=O) groups is 2. The van der Waals surface area contributed by atoms with Gasteiger partial charge in [0, 0.05) is 20.1 Å². The van der Waals surface area contributed by atoms with Crippen LogP contribution in [0.5, 0.6) is 0 Å². The molecule has 0 aliphatic carbocycles. The number of nitrogens with zero attached hydrogens (tertiary/aromatic N) is 1. The number of ether oxygens (including phenoxy) is 1. The summed E-state index contributed by atoms with van der Waals surface area (Å²) in [6, 6.07) is 1.07. The first kappa shape index (κ1) is 13.0. The van der Waals surface area contributed by atoms with Gasteiger partial charge in [-0.25, -0.2) is 4.79 Å². The number of carboxylic acids is 1. The molecule has 2 unspecified atom stereocenters. The van der Waals surface area contributed by atoms with Crippen LogP contribution in [-0.4, -0.2) is 47.7 Å². The predicted octanol–water partition coefficient (Wildman–Crippen LogP) is 1.37. The van der Waals surface area contributed by atoms with Crippen LogP contribution in [-0.2, 0) is 9.53 Å². The fraction of sp³-hybridized carbons (Fsp3) is 0.500. The van der Waals surface area contributed by atoms with Gasteiger partial charge in [0.15, 0.2) is 0 Å². The quantitative estimate of drug-likeness (QED) is 0.900. The Kier molecular flexibility index (Phi) is 3.68. The molecule has 1 aromatic rings. The van der Waals surface area contributed by atoms with E-state index in [9.17, 15) is 9.59 Å². The Morgan fingerprint density at radius 1 is 1.56 bits per heavy atom. The lowest BCUT2D eigenvalue weighted by atomic mass is 10.2. The van der Waals surface area contributed by atoms with E-state index < -0.39 is 12.0 Å². The zero-order valence-corrected chi connectivity index (χ0v) is 11.1. The fourth-order valence-corrected chi connectivity index (χ4v) is 3.03. The van der Waals surface area contributed by atoms with Gasteiger partial charge in [0.1, 0.15) is 6.04 Å². The van der Waals surface area contributed by atoms with Crippen molar-refractivity contribution in [2.45, 2.75) is 25.5 Å². The summed E-state index contributed by atoms with van der Waals surface area (Å²) >= 11 is 1.34. The number of hydrogen-bond donors (Lipinski definition) is 1. The maximum absolute atomic E-state index is 12.3. The number of carboxylic acid groups (broad SMARTS) is 1. The van der Waals surface area contributed by atoms with Gasteiger partial charge >= 0.3 is 5.97 Å². The van der Waals surface area contributed by atoms with E-state index in [2.05, 4.69) is 0 Å². The molecule has 98 valence electrons. The van der Waals surface area contributed by atoms with Gasteiger partial charge < -0.3 is 14.7 Å². The van der Waals surface area contributed by atoms with Gasteiger partial charge in [-0.1, -0.05) is 0 Å². The highest BCUT2D eigenvalue weighted by molar-refractivity contribution is 7.12. The lowest BCUT2D eigenvalue weighted by Gasteiger charge is -2.20. The highest BCUT2D eigenvalue weighted by atomic mass is 32.1. The number of carbonyl (C=O) groups excluding carboxylic acids is 1. The molecule has 1 N–H and O–H groups in total. The fourth-order valence-electron chi connectivity index (χ4n) is 2.15. The van der Waals surface area contributed by atoms with Gasteiger partial charge in [0.25, 0.3) is 5.91 Å². The third-order valence-corrected chi connectivity index (χ3v) is 4.20. The number of aliphatic carboxylic acids is 1. The van der Waals surface area contributed by atoms with E-state index in [4.69, 9.17) is 9.84 Å². The molecule has 0 radical (unpaired) electrons. The van der Waals surface area contributed by atoms with Gasteiger partial charge in [-0.05, 0) is 23.9 Å². The molecule has 2 heterocycles. The molecule has 5 nitrogen and oxygen atoms in total. The van der Waals surface area contributed by atoms with Crippen molar-refractivity contribution in [3.63, 3.8) is 0 Å². The van der Waals surface area contributed by atoms with Gasteiger partial charge in [-0.2, -0.15) is 0 Å². The van der Waals surface area contributed by atoms with Crippen molar-refractivity contribution in [1.29, 1.82) is 0 Å². The normalized spacial score (nSPS) is 23.3. The van der Waals surface area contributed by atoms with Gasteiger partial charge in [0.05, 0.1) is 11.0 Å². The van der Waals surface area contributed by atoms with Crippen LogP contribution in [0.1, 0.15) is 21.7 Å². The first-order valence-electron chi connectivity index (χ1n) is 5.65. The molecule has 0 saturated carbocycles. The molecular weight excluding hydrogens is 254 g/mol. The average molecular weight is 269 g/mol. The zero-order valence-electron chi connectivity index (χ0n) is 10.3. The maximum Gasteiger partial charge on any atom is 0.326 e. The Bertz CT molecular complexity index is 470. The first-order chi connectivity index (χ1) is 8.54. The van der Waals surface area contributed by atoms with E-state index in [1.165, 1.54) is 23.3 Å². The zero-order chi connectivity index (χ0) is 13.3. The summed E-state index contributed by atoms with van der Waals surface area (Å²) in [4.78, 5) is 25.5. The SMILES string of the molecule is COC1CC(C(=O)O)N(C(=O)c2sccc2C)C1. The molecule has 1 amide bonds. The van der Waals surface area contributed by atoms with Gasteiger partial charge in [-0.15, -0.1) is 11.3 Å². The monoisotopic (exact) mass is 269 g/mol. The topological polar surface area (TPSA) is 66.8 Å². The largest absolute Gasteiger partial charge is 0.480 e. The lowest BCUT2D eigenvalue weighted by Crippen LogP contribution is -2.40. The Morgan fingerprint density at radius 2 is 2.28 bits per heavy atom. The molecule has 0 spiro atoms. The van der Waals surface area contributed by atoms with Crippen molar-refractivity contribution in [3.8, 4) is 0 Å². The van der Waals surface area contributed by atoms with Crippen molar-refractivity contribution in [3.05, 3.63) is 21.9 Å². The summed E-state index contributed by atoms with van der Waals surface area (Å²) in [5, 5.41) is 11.0. The number of hydrogen-bond acceptors (Lipinski definition) is 4. The minimum absolute atomic E-state index is 0.199. The summed E-state index contributed by atoms with van der Waals surface area (Å²) in [6.45, 7) is 2.19. The summed E-state index contributed by atoms with van der Waals surface area (Å²) in [5.74, 6) is -1.19. The van der Waals surface area contributed by atoms with E-state index in [0.29, 0.717) is 17.8 Å². The molecule has 2 atom stereocenters. The maximum atomic E-state index is 12.3. The molecule has 0 aromatic carbocycles. The third-order valence-electron chi connectivity index (χ3n) is 3.20. The van der Waals surface area contributed by atoms with E-state index in [1.807, 2.05) is 18.4 Å². The van der Waals surface area contributed by atoms with Crippen LogP contribution in [0.4, 0.5) is 0 Å². The molecule has 1 saturated heterocycles. The van der Waals surface area contributed by atoms with Crippen LogP contribution in [0.2, 0.25) is 0 Å². The van der Waals surface area contributed by atoms with Crippen LogP contribution in [0.3, 0.4) is 0 Å². The Hall–Kier alpha value is -1.40. The number of rotatable bonds is 3. The Balaban J connectivity index is 2.23. The highest BCUT2D eigenvalue weighted by Crippen LogP contribution is 2.25. The molecule has 18 heavy (non-hydrogen) atoms. The second kappa shape index (κ2) is 5.07. The summed E-state index contributed by atoms with van der Waals surface area (Å²) in [6.07, 6.45) is 0.150. The second-order valence-electron chi connectivity index (χ2n) is 4.34. The number of thiophene rings is 1. The number of methoxy groups -OCH3 is 1. The first-order valence-corrected chi connectivity index (χ1v) is 6.53. The van der Waals surface area contributed by atoms with Crippen molar-refractivity contribution in [2.75, 3.05) is 13.7 Å². The molecular formula is C12H15NO4S. The molecule has 6 heteroatoms. The van der Waals surface area contributed by atoms with Crippen LogP contribution in [0.15, 0.2) is 11.4 Å². The van der Waals surface area contributed by atoms with E-state index in [0.717, 1.165) is 5.56 Å². The molecule has 1 aliphatic rings. The van der Waals surface area contributed by atoms with Crippen molar-refractivity contribution in [1.82, 2.24) is 4.90 Å². The molecule has 1 aromatic heterocycles. The standard InChI is InChI=1S/C12H15NO4S/c1-7-3-4-18-10(7)11(14)13-6-8(17-2)5-9(13)12(15)16/h3-4,8-9H,5-6H2,1-2H3,(H,15,16).